The van der Waals surface area contributed by atoms with Crippen LogP contribution in [-0.4, -0.2) is 61.1 Å². The number of carbonyl (C=O) groups excluding carboxylic acids is 2. The number of nitrogens with zero attached hydrogens (tertiary/aromatic N) is 1. The van der Waals surface area contributed by atoms with E-state index >= 15 is 0 Å². The van der Waals surface area contributed by atoms with Crippen LogP contribution in [0.25, 0.3) is 0 Å². The van der Waals surface area contributed by atoms with Crippen molar-refractivity contribution in [3.8, 4) is 5.75 Å². The van der Waals surface area contributed by atoms with Gasteiger partial charge in [-0.2, -0.15) is 0 Å². The number of allylic oxidation sites excluding steroid dienone is 2. The molecule has 1 N–H and O–H groups in total. The Bertz CT molecular complexity index is 1170. The number of aliphatic carboxylic acids is 1. The Kier molecular flexibility index (Phi) is 6.94. The van der Waals surface area contributed by atoms with E-state index in [-0.39, 0.29) is 28.7 Å². The van der Waals surface area contributed by atoms with E-state index in [9.17, 15) is 23.7 Å². The summed E-state index contributed by atoms with van der Waals surface area (Å²) in [5, 5.41) is 9.15. The van der Waals surface area contributed by atoms with Crippen LogP contribution in [-0.2, 0) is 35.1 Å². The Labute approximate surface area is 203 Å². The summed E-state index contributed by atoms with van der Waals surface area (Å²) in [6.45, 7) is 3.09. The van der Waals surface area contributed by atoms with Gasteiger partial charge in [0.05, 0.1) is 16.1 Å². The molecule has 0 aromatic heterocycles. The number of thioether (sulfide) groups is 1. The number of fused-ring (bicyclic) bond motifs is 1. The maximum Gasteiger partial charge on any atom is 0.357 e. The molecule has 2 unspecified atom stereocenters. The molecule has 2 heterocycles. The van der Waals surface area contributed by atoms with Crippen molar-refractivity contribution in [3.05, 3.63) is 64.9 Å². The van der Waals surface area contributed by atoms with Crippen molar-refractivity contribution in [3.63, 3.8) is 0 Å². The lowest BCUT2D eigenvalue weighted by Gasteiger charge is -2.43. The first-order valence-corrected chi connectivity index (χ1v) is 12.0. The van der Waals surface area contributed by atoms with Crippen molar-refractivity contribution in [2.45, 2.75) is 31.4 Å². The average Bonchev–Trinajstić information content (AvgIpc) is 3.13. The van der Waals surface area contributed by atoms with Gasteiger partial charge in [0.25, 0.3) is 0 Å². The Morgan fingerprint density at radius 3 is 2.68 bits per heavy atom. The number of carboxylic acids is 1. The molecule has 0 spiro atoms. The molecule has 4 rings (SSSR count). The summed E-state index contributed by atoms with van der Waals surface area (Å²) in [6, 6.07) is 8.76. The molecule has 34 heavy (non-hydrogen) atoms. The fourth-order valence-electron chi connectivity index (χ4n) is 3.77. The number of rotatable bonds is 8. The number of ether oxygens (including phenoxy) is 3. The largest absolute Gasteiger partial charge is 0.482 e. The van der Waals surface area contributed by atoms with Gasteiger partial charge in [-0.3, -0.25) is 9.69 Å². The number of β-lactam (4-membered cyclic amide) rings is 1. The molecule has 1 amide bonds. The number of carboxylic acid groups (broad SMARTS) is 1. The van der Waals surface area contributed by atoms with Crippen molar-refractivity contribution >= 4 is 45.7 Å². The SMILES string of the molecule is CC1=CC(=S=O)C(OC2=C(C(=O)O)N3C(=O)[C@H]([C@@H](C)OC(=O)COc4ccccc4)C3S2)C=C1. The molecular weight excluding hydrogens is 482 g/mol. The number of esters is 1. The third-order valence-electron chi connectivity index (χ3n) is 5.39. The zero-order valence-corrected chi connectivity index (χ0v) is 19.8. The lowest BCUT2D eigenvalue weighted by atomic mass is 9.92. The van der Waals surface area contributed by atoms with Crippen LogP contribution in [0.15, 0.2) is 64.9 Å². The second kappa shape index (κ2) is 9.90. The first kappa shape index (κ1) is 23.8. The standard InChI is InChI=1S/C23H21NO8S2/c1-12-8-9-15(16(10-12)34-29)32-23-19(22(27)28)24-20(26)18(21(24)33-23)13(2)31-17(25)11-30-14-6-4-3-5-7-14/h3-10,13,15,18,21H,11H2,1-2H3,(H,27,28)/t13-,15?,18+,21?/m1/s1. The van der Waals surface area contributed by atoms with Gasteiger partial charge in [-0.05, 0) is 43.7 Å². The Hall–Kier alpha value is -3.31. The zero-order valence-electron chi connectivity index (χ0n) is 18.2. The van der Waals surface area contributed by atoms with Crippen LogP contribution in [0.3, 0.4) is 0 Å². The molecule has 1 saturated heterocycles. The van der Waals surface area contributed by atoms with Gasteiger partial charge in [0.2, 0.25) is 5.91 Å². The molecule has 0 bridgehead atoms. The lowest BCUT2D eigenvalue weighted by molar-refractivity contribution is -0.167. The van der Waals surface area contributed by atoms with Gasteiger partial charge >= 0.3 is 11.9 Å². The third kappa shape index (κ3) is 4.66. The first-order valence-electron chi connectivity index (χ1n) is 10.3. The molecule has 1 aromatic rings. The fraction of sp³-hybridized carbons (Fsp3) is 0.304. The molecular formula is C23H21NO8S2. The van der Waals surface area contributed by atoms with Crippen molar-refractivity contribution in [2.24, 2.45) is 5.92 Å². The molecule has 4 atom stereocenters. The minimum absolute atomic E-state index is 0.0356. The smallest absolute Gasteiger partial charge is 0.357 e. The van der Waals surface area contributed by atoms with Crippen molar-refractivity contribution in [1.29, 1.82) is 0 Å². The number of hydrogen-bond donors (Lipinski definition) is 1. The zero-order chi connectivity index (χ0) is 24.4. The van der Waals surface area contributed by atoms with E-state index in [1.807, 2.05) is 13.0 Å². The highest BCUT2D eigenvalue weighted by Gasteiger charge is 2.59. The molecule has 0 saturated carbocycles. The molecule has 1 aromatic carbocycles. The van der Waals surface area contributed by atoms with E-state index in [0.29, 0.717) is 10.6 Å². The second-order valence-corrected chi connectivity index (χ2v) is 9.48. The van der Waals surface area contributed by atoms with Crippen LogP contribution in [0.4, 0.5) is 0 Å². The molecule has 178 valence electrons. The summed E-state index contributed by atoms with van der Waals surface area (Å²) in [4.78, 5) is 38.5. The summed E-state index contributed by atoms with van der Waals surface area (Å²) in [6.07, 6.45) is 3.55. The molecule has 0 radical (unpaired) electrons. The van der Waals surface area contributed by atoms with Gasteiger partial charge in [0.1, 0.15) is 23.1 Å². The summed E-state index contributed by atoms with van der Waals surface area (Å²) < 4.78 is 28.1. The van der Waals surface area contributed by atoms with Gasteiger partial charge in [-0.1, -0.05) is 36.0 Å². The number of carbonyl (C=O) groups is 3. The maximum atomic E-state index is 12.8. The topological polar surface area (TPSA) is 119 Å². The van der Waals surface area contributed by atoms with Gasteiger partial charge in [0, 0.05) is 0 Å². The van der Waals surface area contributed by atoms with Crippen molar-refractivity contribution in [2.75, 3.05) is 6.61 Å². The van der Waals surface area contributed by atoms with Crippen LogP contribution in [0.1, 0.15) is 13.8 Å². The highest BCUT2D eigenvalue weighted by Crippen LogP contribution is 2.51. The predicted molar refractivity (Wildman–Crippen MR) is 125 cm³/mol. The minimum atomic E-state index is -1.32. The van der Waals surface area contributed by atoms with E-state index < -0.39 is 41.3 Å². The maximum absolute atomic E-state index is 12.8. The average molecular weight is 504 g/mol. The van der Waals surface area contributed by atoms with Gasteiger partial charge in [-0.15, -0.1) is 0 Å². The summed E-state index contributed by atoms with van der Waals surface area (Å²) in [7, 11) is 0. The van der Waals surface area contributed by atoms with E-state index in [1.54, 1.807) is 49.4 Å². The normalized spacial score (nSPS) is 24.1. The third-order valence-corrected chi connectivity index (χ3v) is 7.18. The number of amides is 1. The van der Waals surface area contributed by atoms with Gasteiger partial charge in [0.15, 0.2) is 23.5 Å². The molecule has 1 fully saturated rings. The van der Waals surface area contributed by atoms with Crippen molar-refractivity contribution < 1.29 is 37.9 Å². The highest BCUT2D eigenvalue weighted by atomic mass is 32.2. The fourth-order valence-corrected chi connectivity index (χ4v) is 5.70. The first-order chi connectivity index (χ1) is 16.3. The van der Waals surface area contributed by atoms with E-state index in [0.717, 1.165) is 22.2 Å². The van der Waals surface area contributed by atoms with Gasteiger partial charge < -0.3 is 19.3 Å². The van der Waals surface area contributed by atoms with Crippen molar-refractivity contribution in [1.82, 2.24) is 4.90 Å². The second-order valence-electron chi connectivity index (χ2n) is 7.75. The summed E-state index contributed by atoms with van der Waals surface area (Å²) >= 11 is 1.33. The number of hydrogen-bond acceptors (Lipinski definition) is 8. The Morgan fingerprint density at radius 1 is 1.26 bits per heavy atom. The van der Waals surface area contributed by atoms with Crippen LogP contribution < -0.4 is 4.74 Å². The van der Waals surface area contributed by atoms with Crippen LogP contribution in [0, 0.1) is 5.92 Å². The van der Waals surface area contributed by atoms with E-state index in [4.69, 9.17) is 14.2 Å². The molecule has 1 aliphatic carbocycles. The lowest BCUT2D eigenvalue weighted by Crippen LogP contribution is -2.61. The van der Waals surface area contributed by atoms with Crippen LogP contribution in [0.5, 0.6) is 5.75 Å². The molecule has 3 aliphatic rings. The van der Waals surface area contributed by atoms with Crippen LogP contribution in [0.2, 0.25) is 0 Å². The van der Waals surface area contributed by atoms with Crippen LogP contribution >= 0.6 is 11.8 Å². The highest BCUT2D eigenvalue weighted by molar-refractivity contribution is 8.03. The summed E-state index contributed by atoms with van der Waals surface area (Å²) in [5.74, 6) is -2.68. The molecule has 11 heteroatoms. The number of benzene rings is 1. The Morgan fingerprint density at radius 2 is 2.00 bits per heavy atom. The van der Waals surface area contributed by atoms with E-state index in [1.165, 1.54) is 0 Å². The minimum Gasteiger partial charge on any atom is -0.482 e. The van der Waals surface area contributed by atoms with Gasteiger partial charge in [-0.25, -0.2) is 13.8 Å². The quantitative estimate of drug-likeness (QED) is 0.323. The predicted octanol–water partition coefficient (Wildman–Crippen LogP) is 2.07. The number of para-hydroxylation sites is 1. The monoisotopic (exact) mass is 503 g/mol. The Balaban J connectivity index is 1.41. The molecule has 2 aliphatic heterocycles. The molecule has 9 nitrogen and oxygen atoms in total. The summed E-state index contributed by atoms with van der Waals surface area (Å²) in [5.41, 5.74) is 0.591. The van der Waals surface area contributed by atoms with E-state index in [2.05, 4.69) is 0 Å².